The van der Waals surface area contributed by atoms with Crippen molar-refractivity contribution in [1.29, 1.82) is 0 Å². The number of aromatic amines is 1. The fraction of sp³-hybridized carbons (Fsp3) is 0.389. The second kappa shape index (κ2) is 7.18. The summed E-state index contributed by atoms with van der Waals surface area (Å²) in [6, 6.07) is 5.68. The van der Waals surface area contributed by atoms with Crippen LogP contribution in [0, 0.1) is 5.92 Å². The van der Waals surface area contributed by atoms with E-state index in [1.807, 2.05) is 30.4 Å². The van der Waals surface area contributed by atoms with Gasteiger partial charge in [0.15, 0.2) is 0 Å². The lowest BCUT2D eigenvalue weighted by Gasteiger charge is -2.23. The minimum Gasteiger partial charge on any atom is -0.397 e. The molecule has 6 heteroatoms. The molecule has 3 rings (SSSR count). The molecule has 1 aliphatic carbocycles. The number of allylic oxidation sites excluding steroid dienone is 2. The van der Waals surface area contributed by atoms with Crippen molar-refractivity contribution in [1.82, 2.24) is 9.97 Å². The van der Waals surface area contributed by atoms with Crippen LogP contribution in [-0.2, 0) is 4.74 Å². The molecule has 4 nitrogen and oxygen atoms in total. The summed E-state index contributed by atoms with van der Waals surface area (Å²) in [5, 5.41) is 0.529. The lowest BCUT2D eigenvalue weighted by molar-refractivity contribution is 0.0545. The molecule has 1 aromatic carbocycles. The molecule has 2 atom stereocenters. The van der Waals surface area contributed by atoms with Crippen LogP contribution in [0.25, 0.3) is 11.0 Å². The van der Waals surface area contributed by atoms with E-state index in [-0.39, 0.29) is 11.5 Å². The van der Waals surface area contributed by atoms with Crippen LogP contribution >= 0.6 is 23.2 Å². The molecular formula is C18H21Cl2N3O. The number of nitrogens with two attached hydrogens (primary N) is 1. The number of fused-ring (bicyclic) bond motifs is 1. The topological polar surface area (TPSA) is 63.9 Å². The van der Waals surface area contributed by atoms with Gasteiger partial charge in [0.2, 0.25) is 0 Å². The van der Waals surface area contributed by atoms with Crippen LogP contribution in [0.15, 0.2) is 41.0 Å². The van der Waals surface area contributed by atoms with Gasteiger partial charge in [-0.1, -0.05) is 37.6 Å². The largest absolute Gasteiger partial charge is 0.397 e. The monoisotopic (exact) mass is 365 g/mol. The van der Waals surface area contributed by atoms with Crippen molar-refractivity contribution in [2.75, 3.05) is 12.3 Å². The average Bonchev–Trinajstić information content (AvgIpc) is 2.94. The molecule has 2 unspecified atom stereocenters. The Morgan fingerprint density at radius 3 is 2.88 bits per heavy atom. The zero-order chi connectivity index (χ0) is 17.3. The van der Waals surface area contributed by atoms with Gasteiger partial charge in [-0.2, -0.15) is 0 Å². The van der Waals surface area contributed by atoms with E-state index in [0.29, 0.717) is 29.1 Å². The van der Waals surface area contributed by atoms with Gasteiger partial charge in [0.1, 0.15) is 17.4 Å². The van der Waals surface area contributed by atoms with Crippen LogP contribution < -0.4 is 5.73 Å². The highest BCUT2D eigenvalue weighted by Crippen LogP contribution is 2.37. The van der Waals surface area contributed by atoms with Gasteiger partial charge in [-0.25, -0.2) is 4.98 Å². The number of hydrogen-bond donors (Lipinski definition) is 2. The van der Waals surface area contributed by atoms with Gasteiger partial charge in [0, 0.05) is 10.6 Å². The molecule has 0 spiro atoms. The number of rotatable bonds is 5. The molecule has 3 N–H and O–H groups in total. The molecule has 0 saturated carbocycles. The van der Waals surface area contributed by atoms with Crippen LogP contribution in [0.3, 0.4) is 0 Å². The standard InChI is InChI=1S/C18H21Cl2N3O/c1-10(2)9-24-17(12-7-6-11(19)8-13(12)20)18-22-15-5-3-4-14(21)16(15)23-18/h3-5,7-8,10-11,17H,6,9,21H2,1-2H3,(H,22,23). The van der Waals surface area contributed by atoms with E-state index in [1.54, 1.807) is 0 Å². The number of halogens is 2. The first-order valence-corrected chi connectivity index (χ1v) is 8.84. The lowest BCUT2D eigenvalue weighted by atomic mass is 10.0. The number of para-hydroxylation sites is 1. The zero-order valence-electron chi connectivity index (χ0n) is 13.7. The van der Waals surface area contributed by atoms with Gasteiger partial charge in [0.25, 0.3) is 0 Å². The highest BCUT2D eigenvalue weighted by molar-refractivity contribution is 6.33. The summed E-state index contributed by atoms with van der Waals surface area (Å²) in [7, 11) is 0. The third-order valence-corrected chi connectivity index (χ3v) is 4.50. The summed E-state index contributed by atoms with van der Waals surface area (Å²) in [6.45, 7) is 4.81. The van der Waals surface area contributed by atoms with E-state index in [1.165, 1.54) is 0 Å². The maximum Gasteiger partial charge on any atom is 0.141 e. The van der Waals surface area contributed by atoms with Crippen molar-refractivity contribution in [2.45, 2.75) is 31.7 Å². The number of anilines is 1. The number of benzene rings is 1. The summed E-state index contributed by atoms with van der Waals surface area (Å²) in [4.78, 5) is 7.97. The van der Waals surface area contributed by atoms with Crippen molar-refractivity contribution in [3.05, 3.63) is 46.8 Å². The van der Waals surface area contributed by atoms with Crippen molar-refractivity contribution in [3.8, 4) is 0 Å². The third kappa shape index (κ3) is 3.61. The molecule has 0 amide bonds. The fourth-order valence-corrected chi connectivity index (χ4v) is 3.30. The molecule has 2 aromatic rings. The Labute approximate surface area is 151 Å². The Hall–Kier alpha value is -1.49. The number of nitrogens with one attached hydrogen (secondary N) is 1. The van der Waals surface area contributed by atoms with Gasteiger partial charge in [-0.15, -0.1) is 11.6 Å². The van der Waals surface area contributed by atoms with Gasteiger partial charge in [-0.3, -0.25) is 0 Å². The molecule has 0 aliphatic heterocycles. The van der Waals surface area contributed by atoms with Crippen LogP contribution in [0.4, 0.5) is 5.69 Å². The average molecular weight is 366 g/mol. The number of nitrogens with zero attached hydrogens (tertiary/aromatic N) is 1. The third-order valence-electron chi connectivity index (χ3n) is 3.86. The van der Waals surface area contributed by atoms with Crippen LogP contribution in [-0.4, -0.2) is 22.0 Å². The van der Waals surface area contributed by atoms with Crippen LogP contribution in [0.2, 0.25) is 0 Å². The maximum absolute atomic E-state index is 6.43. The van der Waals surface area contributed by atoms with Gasteiger partial charge >= 0.3 is 0 Å². The summed E-state index contributed by atoms with van der Waals surface area (Å²) in [5.74, 6) is 1.10. The molecule has 0 saturated heterocycles. The zero-order valence-corrected chi connectivity index (χ0v) is 15.2. The SMILES string of the molecule is CC(C)COC(C1=CCC(Cl)C=C1Cl)c1nc2c(N)cccc2[nH]1. The smallest absolute Gasteiger partial charge is 0.141 e. The number of hydrogen-bond acceptors (Lipinski definition) is 3. The van der Waals surface area contributed by atoms with E-state index in [4.69, 9.17) is 33.7 Å². The van der Waals surface area contributed by atoms with Crippen molar-refractivity contribution in [2.24, 2.45) is 5.92 Å². The fourth-order valence-electron chi connectivity index (χ4n) is 2.69. The molecule has 1 heterocycles. The molecule has 1 aliphatic rings. The molecule has 24 heavy (non-hydrogen) atoms. The summed E-state index contributed by atoms with van der Waals surface area (Å²) >= 11 is 12.6. The molecule has 0 radical (unpaired) electrons. The van der Waals surface area contributed by atoms with E-state index in [9.17, 15) is 0 Å². The van der Waals surface area contributed by atoms with Gasteiger partial charge in [0.05, 0.1) is 23.2 Å². The minimum absolute atomic E-state index is 0.0849. The first-order valence-electron chi connectivity index (χ1n) is 8.03. The molecule has 1 aromatic heterocycles. The quantitative estimate of drug-likeness (QED) is 0.583. The highest BCUT2D eigenvalue weighted by Gasteiger charge is 2.26. The maximum atomic E-state index is 6.43. The second-order valence-electron chi connectivity index (χ2n) is 6.40. The number of nitrogen functional groups attached to an aromatic ring is 1. The number of alkyl halides is 1. The molecular weight excluding hydrogens is 345 g/mol. The Morgan fingerprint density at radius 2 is 2.21 bits per heavy atom. The minimum atomic E-state index is -0.368. The van der Waals surface area contributed by atoms with Crippen molar-refractivity contribution in [3.63, 3.8) is 0 Å². The Morgan fingerprint density at radius 1 is 1.42 bits per heavy atom. The normalized spacial score (nSPS) is 19.5. The van der Waals surface area contributed by atoms with Gasteiger partial charge in [-0.05, 0) is 30.5 Å². The number of aromatic nitrogens is 2. The predicted octanol–water partition coefficient (Wildman–Crippen LogP) is 4.92. The first-order chi connectivity index (χ1) is 11.5. The Bertz CT molecular complexity index is 795. The Kier molecular flexibility index (Phi) is 5.18. The highest BCUT2D eigenvalue weighted by atomic mass is 35.5. The lowest BCUT2D eigenvalue weighted by Crippen LogP contribution is -2.16. The first kappa shape index (κ1) is 17.3. The van der Waals surface area contributed by atoms with E-state index in [0.717, 1.165) is 23.0 Å². The molecule has 0 fully saturated rings. The van der Waals surface area contributed by atoms with E-state index < -0.39 is 0 Å². The van der Waals surface area contributed by atoms with Gasteiger partial charge < -0.3 is 15.5 Å². The summed E-state index contributed by atoms with van der Waals surface area (Å²) < 4.78 is 6.13. The molecule has 128 valence electrons. The number of ether oxygens (including phenoxy) is 1. The van der Waals surface area contributed by atoms with Crippen molar-refractivity contribution >= 4 is 39.9 Å². The van der Waals surface area contributed by atoms with Crippen molar-refractivity contribution < 1.29 is 4.74 Å². The van der Waals surface area contributed by atoms with E-state index >= 15 is 0 Å². The predicted molar refractivity (Wildman–Crippen MR) is 100 cm³/mol. The molecule has 0 bridgehead atoms. The Balaban J connectivity index is 2.00. The van der Waals surface area contributed by atoms with Crippen LogP contribution in [0.5, 0.6) is 0 Å². The number of imidazole rings is 1. The van der Waals surface area contributed by atoms with Crippen LogP contribution in [0.1, 0.15) is 32.2 Å². The summed E-state index contributed by atoms with van der Waals surface area (Å²) in [5.41, 5.74) is 9.19. The van der Waals surface area contributed by atoms with E-state index in [2.05, 4.69) is 23.8 Å². The summed E-state index contributed by atoms with van der Waals surface area (Å²) in [6.07, 6.45) is 4.23. The number of H-pyrrole nitrogens is 1. The second-order valence-corrected chi connectivity index (χ2v) is 7.37.